The third-order valence-electron chi connectivity index (χ3n) is 2.42. The minimum atomic E-state index is -0.145. The Bertz CT molecular complexity index is 392. The molecule has 0 atom stereocenters. The lowest BCUT2D eigenvalue weighted by Gasteiger charge is -2.24. The summed E-state index contributed by atoms with van der Waals surface area (Å²) in [4.78, 5) is 11.7. The number of amides is 1. The average Bonchev–Trinajstić information content (AvgIpc) is 2.74. The van der Waals surface area contributed by atoms with Crippen LogP contribution < -0.4 is 10.6 Å². The van der Waals surface area contributed by atoms with Gasteiger partial charge in [0.05, 0.1) is 5.75 Å². The number of anilines is 1. The van der Waals surface area contributed by atoms with Gasteiger partial charge >= 0.3 is 0 Å². The van der Waals surface area contributed by atoms with Crippen molar-refractivity contribution < 1.29 is 4.79 Å². The van der Waals surface area contributed by atoms with E-state index in [1.54, 1.807) is 0 Å². The number of rotatable bonds is 7. The summed E-state index contributed by atoms with van der Waals surface area (Å²) < 4.78 is 0.815. The highest BCUT2D eigenvalue weighted by atomic mass is 32.2. The first-order valence-electron chi connectivity index (χ1n) is 5.98. The Labute approximate surface area is 116 Å². The van der Waals surface area contributed by atoms with Crippen LogP contribution >= 0.6 is 23.1 Å². The van der Waals surface area contributed by atoms with Crippen LogP contribution in [0.15, 0.2) is 4.34 Å². The fourth-order valence-corrected chi connectivity index (χ4v) is 2.74. The lowest BCUT2D eigenvalue weighted by atomic mass is 10.0. The Balaban J connectivity index is 2.37. The summed E-state index contributed by atoms with van der Waals surface area (Å²) in [6, 6.07) is 0. The summed E-state index contributed by atoms with van der Waals surface area (Å²) in [5.41, 5.74) is -0.145. The third kappa shape index (κ3) is 5.22. The Morgan fingerprint density at radius 1 is 1.39 bits per heavy atom. The summed E-state index contributed by atoms with van der Waals surface area (Å²) in [5, 5.41) is 14.9. The van der Waals surface area contributed by atoms with Crippen LogP contribution in [-0.4, -0.2) is 33.9 Å². The molecule has 0 spiro atoms. The summed E-state index contributed by atoms with van der Waals surface area (Å²) in [5.74, 6) is 0.413. The molecule has 0 aromatic carbocycles. The van der Waals surface area contributed by atoms with Gasteiger partial charge in [0.25, 0.3) is 0 Å². The number of thioether (sulfide) groups is 1. The van der Waals surface area contributed by atoms with Gasteiger partial charge in [-0.1, -0.05) is 30.0 Å². The maximum Gasteiger partial charge on any atom is 0.230 e. The van der Waals surface area contributed by atoms with Gasteiger partial charge in [0.1, 0.15) is 0 Å². The van der Waals surface area contributed by atoms with Gasteiger partial charge < -0.3 is 10.6 Å². The molecule has 0 saturated heterocycles. The highest BCUT2D eigenvalue weighted by Gasteiger charge is 2.18. The zero-order valence-electron chi connectivity index (χ0n) is 11.2. The molecule has 1 aromatic rings. The van der Waals surface area contributed by atoms with E-state index in [1.807, 2.05) is 20.8 Å². The van der Waals surface area contributed by atoms with Crippen molar-refractivity contribution in [1.29, 1.82) is 0 Å². The van der Waals surface area contributed by atoms with Gasteiger partial charge in [-0.3, -0.25) is 4.79 Å². The van der Waals surface area contributed by atoms with Crippen molar-refractivity contribution in [3.8, 4) is 0 Å². The zero-order valence-corrected chi connectivity index (χ0v) is 12.9. The highest BCUT2D eigenvalue weighted by Crippen LogP contribution is 2.25. The lowest BCUT2D eigenvalue weighted by Crippen LogP contribution is -2.43. The molecule has 5 nitrogen and oxygen atoms in total. The van der Waals surface area contributed by atoms with Crippen LogP contribution in [0.25, 0.3) is 0 Å². The zero-order chi connectivity index (χ0) is 13.6. The smallest absolute Gasteiger partial charge is 0.230 e. The van der Waals surface area contributed by atoms with Gasteiger partial charge in [0.15, 0.2) is 4.34 Å². The Hall–Kier alpha value is -0.820. The van der Waals surface area contributed by atoms with E-state index in [9.17, 15) is 4.79 Å². The van der Waals surface area contributed by atoms with Crippen LogP contribution in [0.4, 0.5) is 5.13 Å². The predicted octanol–water partition coefficient (Wildman–Crippen LogP) is 2.37. The van der Waals surface area contributed by atoms with E-state index >= 15 is 0 Å². The van der Waals surface area contributed by atoms with Crippen molar-refractivity contribution in [1.82, 2.24) is 15.5 Å². The summed E-state index contributed by atoms with van der Waals surface area (Å²) >= 11 is 2.89. The van der Waals surface area contributed by atoms with E-state index in [1.165, 1.54) is 23.1 Å². The van der Waals surface area contributed by atoms with Crippen molar-refractivity contribution in [2.45, 2.75) is 44.0 Å². The molecule has 0 aliphatic heterocycles. The molecule has 0 fully saturated rings. The predicted molar refractivity (Wildman–Crippen MR) is 77.3 cm³/mol. The molecule has 1 heterocycles. The van der Waals surface area contributed by atoms with E-state index in [0.717, 1.165) is 22.4 Å². The second-order valence-electron chi connectivity index (χ2n) is 4.48. The lowest BCUT2D eigenvalue weighted by molar-refractivity contribution is -0.120. The summed E-state index contributed by atoms with van der Waals surface area (Å²) in [7, 11) is 0. The molecule has 18 heavy (non-hydrogen) atoms. The van der Waals surface area contributed by atoms with E-state index in [4.69, 9.17) is 0 Å². The molecule has 102 valence electrons. The van der Waals surface area contributed by atoms with Crippen LogP contribution in [0, 0.1) is 0 Å². The Morgan fingerprint density at radius 2 is 2.11 bits per heavy atom. The molecule has 7 heteroatoms. The van der Waals surface area contributed by atoms with Crippen molar-refractivity contribution >= 4 is 34.1 Å². The standard InChI is InChI=1S/C11H20N4OS2/c1-5-11(3,4)13-8(16)7-17-10-15-14-9(18-10)12-6-2/h5-7H2,1-4H3,(H,12,14)(H,13,16). The van der Waals surface area contributed by atoms with Crippen LogP contribution in [0.1, 0.15) is 34.1 Å². The first-order valence-corrected chi connectivity index (χ1v) is 7.78. The molecular weight excluding hydrogens is 268 g/mol. The monoisotopic (exact) mass is 288 g/mol. The maximum absolute atomic E-state index is 11.7. The number of nitrogens with one attached hydrogen (secondary N) is 2. The topological polar surface area (TPSA) is 66.9 Å². The van der Waals surface area contributed by atoms with Crippen molar-refractivity contribution in [2.24, 2.45) is 0 Å². The molecule has 1 rings (SSSR count). The van der Waals surface area contributed by atoms with Gasteiger partial charge in [-0.15, -0.1) is 10.2 Å². The molecule has 2 N–H and O–H groups in total. The quantitative estimate of drug-likeness (QED) is 0.754. The van der Waals surface area contributed by atoms with Gasteiger partial charge in [0.2, 0.25) is 11.0 Å². The maximum atomic E-state index is 11.7. The van der Waals surface area contributed by atoms with Crippen LogP contribution in [0.3, 0.4) is 0 Å². The summed E-state index contributed by atoms with van der Waals surface area (Å²) in [6.45, 7) is 8.92. The fourth-order valence-electron chi connectivity index (χ4n) is 1.12. The second kappa shape index (κ2) is 6.94. The Morgan fingerprint density at radius 3 is 2.72 bits per heavy atom. The number of aromatic nitrogens is 2. The number of hydrogen-bond acceptors (Lipinski definition) is 6. The number of carbonyl (C=O) groups excluding carboxylic acids is 1. The van der Waals surface area contributed by atoms with Gasteiger partial charge in [-0.25, -0.2) is 0 Å². The molecule has 0 aliphatic carbocycles. The molecule has 1 aromatic heterocycles. The molecule has 0 unspecified atom stereocenters. The highest BCUT2D eigenvalue weighted by molar-refractivity contribution is 8.01. The van der Waals surface area contributed by atoms with Crippen molar-refractivity contribution in [3.05, 3.63) is 0 Å². The molecule has 1 amide bonds. The summed E-state index contributed by atoms with van der Waals surface area (Å²) in [6.07, 6.45) is 0.910. The van der Waals surface area contributed by atoms with Gasteiger partial charge in [-0.2, -0.15) is 0 Å². The van der Waals surface area contributed by atoms with E-state index in [2.05, 4.69) is 27.8 Å². The van der Waals surface area contributed by atoms with Gasteiger partial charge in [-0.05, 0) is 27.2 Å². The van der Waals surface area contributed by atoms with E-state index < -0.39 is 0 Å². The average molecular weight is 288 g/mol. The van der Waals surface area contributed by atoms with Crippen LogP contribution in [0.2, 0.25) is 0 Å². The number of nitrogens with zero attached hydrogens (tertiary/aromatic N) is 2. The minimum Gasteiger partial charge on any atom is -0.360 e. The molecule has 0 radical (unpaired) electrons. The van der Waals surface area contributed by atoms with E-state index in [0.29, 0.717) is 5.75 Å². The van der Waals surface area contributed by atoms with Crippen molar-refractivity contribution in [2.75, 3.05) is 17.6 Å². The van der Waals surface area contributed by atoms with Crippen molar-refractivity contribution in [3.63, 3.8) is 0 Å². The Kier molecular flexibility index (Phi) is 5.87. The van der Waals surface area contributed by atoms with Gasteiger partial charge in [0, 0.05) is 12.1 Å². The van der Waals surface area contributed by atoms with E-state index in [-0.39, 0.29) is 11.4 Å². The minimum absolute atomic E-state index is 0.0343. The largest absolute Gasteiger partial charge is 0.360 e. The second-order valence-corrected chi connectivity index (χ2v) is 6.68. The normalized spacial score (nSPS) is 11.3. The first-order chi connectivity index (χ1) is 8.46. The molecule has 0 aliphatic rings. The number of hydrogen-bond donors (Lipinski definition) is 2. The molecular formula is C11H20N4OS2. The molecule has 0 bridgehead atoms. The number of carbonyl (C=O) groups is 1. The fraction of sp³-hybridized carbons (Fsp3) is 0.727. The van der Waals surface area contributed by atoms with Crippen LogP contribution in [-0.2, 0) is 4.79 Å². The SMILES string of the molecule is CCNc1nnc(SCC(=O)NC(C)(C)CC)s1. The third-order valence-corrected chi connectivity index (χ3v) is 4.44. The first kappa shape index (κ1) is 15.2. The van der Waals surface area contributed by atoms with Crippen LogP contribution in [0.5, 0.6) is 0 Å². The molecule has 0 saturated carbocycles.